The Morgan fingerprint density at radius 2 is 2.39 bits per heavy atom. The summed E-state index contributed by atoms with van der Waals surface area (Å²) in [5.74, 6) is 1.49. The number of anilines is 1. The predicted molar refractivity (Wildman–Crippen MR) is 72.3 cm³/mol. The van der Waals surface area contributed by atoms with Crippen LogP contribution < -0.4 is 10.6 Å². The van der Waals surface area contributed by atoms with E-state index in [0.717, 1.165) is 30.7 Å². The first kappa shape index (κ1) is 11.7. The number of aromatic nitrogens is 4. The molecule has 1 unspecified atom stereocenters. The van der Waals surface area contributed by atoms with Gasteiger partial charge in [-0.1, -0.05) is 15.9 Å². The molecule has 0 spiro atoms. The first-order valence-electron chi connectivity index (χ1n) is 6.03. The van der Waals surface area contributed by atoms with Crippen LogP contribution >= 0.6 is 15.9 Å². The van der Waals surface area contributed by atoms with Crippen LogP contribution in [-0.2, 0) is 0 Å². The number of hydrogen-bond donors (Lipinski definition) is 1. The van der Waals surface area contributed by atoms with Crippen LogP contribution in [0.2, 0.25) is 0 Å². The second-order valence-corrected chi connectivity index (χ2v) is 5.25. The molecule has 3 rings (SSSR count). The third kappa shape index (κ3) is 2.03. The largest absolute Gasteiger partial charge is 0.364 e. The molecule has 0 radical (unpaired) electrons. The lowest BCUT2D eigenvalue weighted by molar-refractivity contribution is 0.451. The number of rotatable bonds is 2. The smallest absolute Gasteiger partial charge is 0.355 e. The fraction of sp³-hybridized carbons (Fsp3) is 0.545. The van der Waals surface area contributed by atoms with Crippen LogP contribution in [0.15, 0.2) is 16.9 Å². The van der Waals surface area contributed by atoms with E-state index in [1.54, 1.807) is 0 Å². The number of hydrogen-bond acceptors (Lipinski definition) is 4. The van der Waals surface area contributed by atoms with E-state index in [1.165, 1.54) is 10.9 Å². The molecule has 96 valence electrons. The van der Waals surface area contributed by atoms with Gasteiger partial charge < -0.3 is 4.90 Å². The van der Waals surface area contributed by atoms with Crippen LogP contribution in [0.1, 0.15) is 12.8 Å². The Morgan fingerprint density at radius 1 is 1.50 bits per heavy atom. The van der Waals surface area contributed by atoms with Crippen LogP contribution in [0.25, 0.3) is 5.65 Å². The zero-order valence-corrected chi connectivity index (χ0v) is 11.4. The van der Waals surface area contributed by atoms with E-state index < -0.39 is 0 Å². The van der Waals surface area contributed by atoms with Crippen LogP contribution in [0, 0.1) is 5.92 Å². The van der Waals surface area contributed by atoms with Crippen LogP contribution in [0.4, 0.5) is 5.82 Å². The number of fused-ring (bicyclic) bond motifs is 1. The second kappa shape index (κ2) is 4.72. The Bertz CT molecular complexity index is 607. The minimum absolute atomic E-state index is 0.291. The summed E-state index contributed by atoms with van der Waals surface area (Å²) in [6, 6.07) is 3.74. The summed E-state index contributed by atoms with van der Waals surface area (Å²) in [6.45, 7) is 1.98. The average molecular weight is 312 g/mol. The van der Waals surface area contributed by atoms with Gasteiger partial charge in [0, 0.05) is 18.4 Å². The Balaban J connectivity index is 1.93. The topological polar surface area (TPSA) is 66.3 Å². The number of H-pyrrole nitrogens is 1. The molecule has 2 aromatic heterocycles. The van der Waals surface area contributed by atoms with E-state index in [9.17, 15) is 4.79 Å². The van der Waals surface area contributed by atoms with Gasteiger partial charge in [-0.3, -0.25) is 0 Å². The Labute approximate surface area is 112 Å². The molecule has 0 bridgehead atoms. The lowest BCUT2D eigenvalue weighted by Gasteiger charge is -2.32. The molecule has 0 aromatic carbocycles. The third-order valence-corrected chi connectivity index (χ3v) is 4.24. The van der Waals surface area contributed by atoms with E-state index in [-0.39, 0.29) is 5.69 Å². The Hall–Kier alpha value is -1.37. The highest BCUT2D eigenvalue weighted by Gasteiger charge is 2.20. The number of aromatic amines is 1. The van der Waals surface area contributed by atoms with E-state index in [1.807, 2.05) is 12.1 Å². The minimum Gasteiger partial charge on any atom is -0.355 e. The molecule has 1 aliphatic heterocycles. The molecule has 0 saturated carbocycles. The van der Waals surface area contributed by atoms with Crippen molar-refractivity contribution in [1.82, 2.24) is 19.8 Å². The summed E-state index contributed by atoms with van der Waals surface area (Å²) in [7, 11) is 0. The average Bonchev–Trinajstić information content (AvgIpc) is 2.80. The zero-order valence-electron chi connectivity index (χ0n) is 9.84. The van der Waals surface area contributed by atoms with Crippen molar-refractivity contribution in [1.29, 1.82) is 0 Å². The van der Waals surface area contributed by atoms with Crippen molar-refractivity contribution >= 4 is 27.4 Å². The van der Waals surface area contributed by atoms with Crippen LogP contribution in [0.3, 0.4) is 0 Å². The molecule has 7 heteroatoms. The number of piperidine rings is 1. The molecule has 2 aromatic rings. The highest BCUT2D eigenvalue weighted by atomic mass is 79.9. The van der Waals surface area contributed by atoms with E-state index >= 15 is 0 Å². The van der Waals surface area contributed by atoms with Crippen molar-refractivity contribution in [3.63, 3.8) is 0 Å². The lowest BCUT2D eigenvalue weighted by atomic mass is 10.0. The summed E-state index contributed by atoms with van der Waals surface area (Å²) in [5.41, 5.74) is 0.263. The standard InChI is InChI=1S/C11H14BrN5O/c12-6-8-2-1-5-16(7-8)10-4-3-9-13-14-11(18)17(9)15-10/h3-4,8H,1-2,5-7H2,(H,14,18). The minimum atomic E-state index is -0.291. The van der Waals surface area contributed by atoms with Gasteiger partial charge in [0.2, 0.25) is 0 Å². The van der Waals surface area contributed by atoms with Crippen LogP contribution in [-0.4, -0.2) is 38.2 Å². The summed E-state index contributed by atoms with van der Waals surface area (Å²) in [5, 5.41) is 11.6. The monoisotopic (exact) mass is 311 g/mol. The molecule has 0 aliphatic carbocycles. The first-order chi connectivity index (χ1) is 8.78. The van der Waals surface area contributed by atoms with Gasteiger partial charge >= 0.3 is 5.69 Å². The summed E-state index contributed by atoms with van der Waals surface area (Å²) in [6.07, 6.45) is 2.41. The van der Waals surface area contributed by atoms with Gasteiger partial charge in [0.15, 0.2) is 5.65 Å². The fourth-order valence-corrected chi connectivity index (χ4v) is 2.89. The molecule has 0 amide bonds. The molecule has 1 saturated heterocycles. The van der Waals surface area contributed by atoms with Gasteiger partial charge in [0.25, 0.3) is 0 Å². The van der Waals surface area contributed by atoms with Gasteiger partial charge in [-0.25, -0.2) is 9.89 Å². The van der Waals surface area contributed by atoms with Crippen molar-refractivity contribution < 1.29 is 0 Å². The fourth-order valence-electron chi connectivity index (χ4n) is 2.36. The maximum absolute atomic E-state index is 11.5. The quantitative estimate of drug-likeness (QED) is 0.841. The number of nitrogens with one attached hydrogen (secondary N) is 1. The molecule has 1 aliphatic rings. The Kier molecular flexibility index (Phi) is 3.07. The molecular formula is C11H14BrN5O. The summed E-state index contributed by atoms with van der Waals surface area (Å²) >= 11 is 3.54. The molecule has 18 heavy (non-hydrogen) atoms. The van der Waals surface area contributed by atoms with Gasteiger partial charge in [-0.15, -0.1) is 5.10 Å². The molecule has 1 fully saturated rings. The summed E-state index contributed by atoms with van der Waals surface area (Å²) in [4.78, 5) is 13.7. The normalized spacial score (nSPS) is 20.5. The van der Waals surface area contributed by atoms with Crippen molar-refractivity contribution in [2.75, 3.05) is 23.3 Å². The van der Waals surface area contributed by atoms with Crippen molar-refractivity contribution in [3.8, 4) is 0 Å². The predicted octanol–water partition coefficient (Wildman–Crippen LogP) is 1.03. The SMILES string of the molecule is O=c1[nH]nc2ccc(N3CCCC(CBr)C3)nn12. The second-order valence-electron chi connectivity index (χ2n) is 4.60. The molecule has 6 nitrogen and oxygen atoms in total. The molecule has 3 heterocycles. The van der Waals surface area contributed by atoms with Crippen LogP contribution in [0.5, 0.6) is 0 Å². The van der Waals surface area contributed by atoms with E-state index in [0.29, 0.717) is 11.6 Å². The van der Waals surface area contributed by atoms with Crippen molar-refractivity contribution in [3.05, 3.63) is 22.6 Å². The van der Waals surface area contributed by atoms with Crippen molar-refractivity contribution in [2.24, 2.45) is 5.92 Å². The van der Waals surface area contributed by atoms with Crippen molar-refractivity contribution in [2.45, 2.75) is 12.8 Å². The van der Waals surface area contributed by atoms with Gasteiger partial charge in [-0.05, 0) is 30.9 Å². The number of nitrogens with zero attached hydrogens (tertiary/aromatic N) is 4. The third-order valence-electron chi connectivity index (χ3n) is 3.32. The highest BCUT2D eigenvalue weighted by Crippen LogP contribution is 2.22. The maximum Gasteiger partial charge on any atom is 0.364 e. The van der Waals surface area contributed by atoms with E-state index in [4.69, 9.17) is 0 Å². The lowest BCUT2D eigenvalue weighted by Crippen LogP contribution is -2.37. The van der Waals surface area contributed by atoms with Gasteiger partial charge in [0.1, 0.15) is 5.82 Å². The molecular weight excluding hydrogens is 298 g/mol. The Morgan fingerprint density at radius 3 is 3.22 bits per heavy atom. The molecule has 1 atom stereocenters. The first-order valence-corrected chi connectivity index (χ1v) is 7.15. The van der Waals surface area contributed by atoms with Gasteiger partial charge in [-0.2, -0.15) is 9.61 Å². The zero-order chi connectivity index (χ0) is 12.5. The maximum atomic E-state index is 11.5. The van der Waals surface area contributed by atoms with E-state index in [2.05, 4.69) is 36.1 Å². The number of alkyl halides is 1. The number of halogens is 1. The van der Waals surface area contributed by atoms with Gasteiger partial charge in [0.05, 0.1) is 0 Å². The molecule has 1 N–H and O–H groups in total. The summed E-state index contributed by atoms with van der Waals surface area (Å²) < 4.78 is 1.31. The highest BCUT2D eigenvalue weighted by molar-refractivity contribution is 9.09.